The van der Waals surface area contributed by atoms with Gasteiger partial charge in [0, 0.05) is 10.3 Å². The largest absolute Gasteiger partial charge is 0.453 e. The Morgan fingerprint density at radius 3 is 2.57 bits per heavy atom. The Hall–Kier alpha value is -2.75. The van der Waals surface area contributed by atoms with E-state index in [1.807, 2.05) is 11.4 Å². The van der Waals surface area contributed by atoms with Crippen molar-refractivity contribution in [2.75, 3.05) is 0 Å². The zero-order chi connectivity index (χ0) is 21.3. The molecule has 152 valence electrons. The highest BCUT2D eigenvalue weighted by molar-refractivity contribution is 8.18. The summed E-state index contributed by atoms with van der Waals surface area (Å²) in [5.74, 6) is -0.867. The van der Waals surface area contributed by atoms with Crippen LogP contribution in [0.4, 0.5) is 4.79 Å². The van der Waals surface area contributed by atoms with Gasteiger partial charge in [-0.25, -0.2) is 9.78 Å². The number of thiazole rings is 1. The van der Waals surface area contributed by atoms with Crippen LogP contribution in [0.25, 0.3) is 16.0 Å². The SMILES string of the molecule is Cc1ccc(-c2nc(C(C)OC(=O)c3ccc(/C=C4\SC(=O)NC4=O)cc3)cs2)s1. The average molecular weight is 457 g/mol. The van der Waals surface area contributed by atoms with Crippen molar-refractivity contribution in [2.45, 2.75) is 20.0 Å². The fourth-order valence-corrected chi connectivity index (χ4v) is 5.23. The maximum Gasteiger partial charge on any atom is 0.338 e. The predicted molar refractivity (Wildman–Crippen MR) is 120 cm³/mol. The molecule has 1 fully saturated rings. The number of benzene rings is 1. The number of aromatic nitrogens is 1. The van der Waals surface area contributed by atoms with Crippen LogP contribution in [0.5, 0.6) is 0 Å². The Balaban J connectivity index is 1.41. The molecule has 0 bridgehead atoms. The number of carbonyl (C=O) groups excluding carboxylic acids is 3. The smallest absolute Gasteiger partial charge is 0.338 e. The first-order valence-electron chi connectivity index (χ1n) is 8.97. The van der Waals surface area contributed by atoms with Crippen molar-refractivity contribution >= 4 is 57.6 Å². The number of esters is 1. The van der Waals surface area contributed by atoms with Crippen LogP contribution in [-0.4, -0.2) is 22.1 Å². The third-order valence-corrected chi connectivity index (χ3v) is 7.10. The van der Waals surface area contributed by atoms with E-state index < -0.39 is 18.0 Å². The molecule has 2 amide bonds. The van der Waals surface area contributed by atoms with E-state index in [9.17, 15) is 14.4 Å². The summed E-state index contributed by atoms with van der Waals surface area (Å²) >= 11 is 4.06. The van der Waals surface area contributed by atoms with E-state index in [2.05, 4.69) is 23.3 Å². The number of thioether (sulfide) groups is 1. The second-order valence-corrected chi connectivity index (χ2v) is 9.67. The van der Waals surface area contributed by atoms with Crippen LogP contribution in [0, 0.1) is 6.92 Å². The van der Waals surface area contributed by atoms with E-state index in [1.54, 1.807) is 48.6 Å². The minimum atomic E-state index is -0.477. The number of rotatable bonds is 5. The summed E-state index contributed by atoms with van der Waals surface area (Å²) in [5.41, 5.74) is 1.82. The first-order valence-corrected chi connectivity index (χ1v) is 11.5. The molecule has 3 aromatic rings. The van der Waals surface area contributed by atoms with E-state index in [4.69, 9.17) is 4.74 Å². The Labute approximate surface area is 185 Å². The first-order chi connectivity index (χ1) is 14.4. The van der Waals surface area contributed by atoms with Gasteiger partial charge >= 0.3 is 5.97 Å². The van der Waals surface area contributed by atoms with Crippen LogP contribution in [0.2, 0.25) is 0 Å². The van der Waals surface area contributed by atoms with Crippen LogP contribution >= 0.6 is 34.4 Å². The molecule has 9 heteroatoms. The second kappa shape index (κ2) is 8.55. The molecule has 1 saturated heterocycles. The number of aryl methyl sites for hydroxylation is 1. The summed E-state index contributed by atoms with van der Waals surface area (Å²) in [4.78, 5) is 42.6. The molecular weight excluding hydrogens is 440 g/mol. The van der Waals surface area contributed by atoms with E-state index in [0.29, 0.717) is 21.7 Å². The maximum atomic E-state index is 12.5. The fraction of sp³-hybridized carbons (Fsp3) is 0.143. The molecule has 30 heavy (non-hydrogen) atoms. The first kappa shape index (κ1) is 20.5. The van der Waals surface area contributed by atoms with Crippen LogP contribution in [0.1, 0.15) is 39.5 Å². The number of imide groups is 1. The van der Waals surface area contributed by atoms with Gasteiger partial charge in [0.25, 0.3) is 11.1 Å². The summed E-state index contributed by atoms with van der Waals surface area (Å²) in [6.45, 7) is 3.85. The van der Waals surface area contributed by atoms with Crippen molar-refractivity contribution in [3.8, 4) is 9.88 Å². The highest BCUT2D eigenvalue weighted by atomic mass is 32.2. The summed E-state index contributed by atoms with van der Waals surface area (Å²) in [5, 5.41) is 4.64. The molecule has 1 N–H and O–H groups in total. The third kappa shape index (κ3) is 4.53. The quantitative estimate of drug-likeness (QED) is 0.407. The van der Waals surface area contributed by atoms with Crippen molar-refractivity contribution in [3.05, 3.63) is 68.4 Å². The molecule has 1 aliphatic heterocycles. The summed E-state index contributed by atoms with van der Waals surface area (Å²) < 4.78 is 5.56. The molecule has 1 unspecified atom stereocenters. The van der Waals surface area contributed by atoms with Crippen molar-refractivity contribution < 1.29 is 19.1 Å². The Bertz CT molecular complexity index is 1160. The van der Waals surface area contributed by atoms with Gasteiger partial charge in [-0.15, -0.1) is 22.7 Å². The number of thiophene rings is 1. The minimum absolute atomic E-state index is 0.323. The molecule has 0 spiro atoms. The highest BCUT2D eigenvalue weighted by Crippen LogP contribution is 2.32. The number of ether oxygens (including phenoxy) is 1. The van der Waals surface area contributed by atoms with Gasteiger partial charge in [0.05, 0.1) is 21.0 Å². The Morgan fingerprint density at radius 1 is 1.17 bits per heavy atom. The molecule has 1 atom stereocenters. The Kier molecular flexibility index (Phi) is 5.85. The second-order valence-electron chi connectivity index (χ2n) is 6.51. The van der Waals surface area contributed by atoms with Crippen LogP contribution in [0.15, 0.2) is 46.7 Å². The summed E-state index contributed by atoms with van der Waals surface area (Å²) in [6.07, 6.45) is 1.13. The van der Waals surface area contributed by atoms with E-state index in [1.165, 1.54) is 16.2 Å². The number of hydrogen-bond acceptors (Lipinski definition) is 8. The van der Waals surface area contributed by atoms with E-state index in [0.717, 1.165) is 21.6 Å². The molecular formula is C21H16N2O4S3. The normalized spacial score (nSPS) is 16.0. The molecule has 2 aromatic heterocycles. The number of nitrogens with zero attached hydrogens (tertiary/aromatic N) is 1. The zero-order valence-corrected chi connectivity index (χ0v) is 18.5. The number of amides is 2. The summed E-state index contributed by atoms with van der Waals surface area (Å²) in [7, 11) is 0. The zero-order valence-electron chi connectivity index (χ0n) is 16.0. The van der Waals surface area contributed by atoms with Crippen LogP contribution < -0.4 is 5.32 Å². The number of hydrogen-bond donors (Lipinski definition) is 1. The van der Waals surface area contributed by atoms with Gasteiger partial charge in [0.2, 0.25) is 0 Å². The van der Waals surface area contributed by atoms with E-state index >= 15 is 0 Å². The molecule has 1 aliphatic rings. The Morgan fingerprint density at radius 2 is 1.93 bits per heavy atom. The van der Waals surface area contributed by atoms with E-state index in [-0.39, 0.29) is 5.24 Å². The molecule has 6 nitrogen and oxygen atoms in total. The molecule has 0 radical (unpaired) electrons. The molecule has 3 heterocycles. The predicted octanol–water partition coefficient (Wildman–Crippen LogP) is 5.42. The van der Waals surface area contributed by atoms with Crippen molar-refractivity contribution in [2.24, 2.45) is 0 Å². The molecule has 4 rings (SSSR count). The topological polar surface area (TPSA) is 85.4 Å². The molecule has 1 aromatic carbocycles. The van der Waals surface area contributed by atoms with Crippen LogP contribution in [0.3, 0.4) is 0 Å². The van der Waals surface area contributed by atoms with Gasteiger partial charge < -0.3 is 4.74 Å². The lowest BCUT2D eigenvalue weighted by atomic mass is 10.1. The average Bonchev–Trinajstić information content (AvgIpc) is 3.43. The number of carbonyl (C=O) groups is 3. The third-order valence-electron chi connectivity index (χ3n) is 4.26. The van der Waals surface area contributed by atoms with Gasteiger partial charge in [-0.3, -0.25) is 14.9 Å². The van der Waals surface area contributed by atoms with Gasteiger partial charge in [-0.2, -0.15) is 0 Å². The lowest BCUT2D eigenvalue weighted by molar-refractivity contribution is -0.115. The lowest BCUT2D eigenvalue weighted by Gasteiger charge is -2.11. The highest BCUT2D eigenvalue weighted by Gasteiger charge is 2.25. The standard InChI is InChI=1S/C21H16N2O4S3/c1-11-3-8-16(29-11)19-22-15(10-28-19)12(2)27-20(25)14-6-4-13(5-7-14)9-17-18(24)23-21(26)30-17/h3-10,12H,1-2H3,(H,23,24,26)/b17-9-. The van der Waals surface area contributed by atoms with Gasteiger partial charge in [0.15, 0.2) is 0 Å². The van der Waals surface area contributed by atoms with Crippen LogP contribution in [-0.2, 0) is 9.53 Å². The van der Waals surface area contributed by atoms with Crippen molar-refractivity contribution in [1.29, 1.82) is 0 Å². The van der Waals surface area contributed by atoms with Gasteiger partial charge in [-0.05, 0) is 61.5 Å². The molecule has 0 saturated carbocycles. The van der Waals surface area contributed by atoms with Crippen molar-refractivity contribution in [1.82, 2.24) is 10.3 Å². The fourth-order valence-electron chi connectivity index (χ4n) is 2.71. The van der Waals surface area contributed by atoms with Gasteiger partial charge in [0.1, 0.15) is 11.1 Å². The van der Waals surface area contributed by atoms with Crippen molar-refractivity contribution in [3.63, 3.8) is 0 Å². The summed E-state index contributed by atoms with van der Waals surface area (Å²) in [6, 6.07) is 10.7. The molecule has 0 aliphatic carbocycles. The lowest BCUT2D eigenvalue weighted by Crippen LogP contribution is -2.17. The number of nitrogens with one attached hydrogen (secondary N) is 1. The van der Waals surface area contributed by atoms with Gasteiger partial charge in [-0.1, -0.05) is 12.1 Å². The minimum Gasteiger partial charge on any atom is -0.453 e. The maximum absolute atomic E-state index is 12.5. The monoisotopic (exact) mass is 456 g/mol.